The van der Waals surface area contributed by atoms with Gasteiger partial charge in [0, 0.05) is 18.8 Å². The van der Waals surface area contributed by atoms with E-state index in [4.69, 9.17) is 5.73 Å². The van der Waals surface area contributed by atoms with E-state index in [2.05, 4.69) is 40.3 Å². The lowest BCUT2D eigenvalue weighted by molar-refractivity contribution is 0.189. The number of benzene rings is 1. The molecular formula is C19H31IN4. The largest absolute Gasteiger partial charge is 0.370 e. The fourth-order valence-electron chi connectivity index (χ4n) is 3.88. The number of likely N-dealkylation sites (tertiary alicyclic amines) is 1. The van der Waals surface area contributed by atoms with Gasteiger partial charge in [0.25, 0.3) is 0 Å². The maximum absolute atomic E-state index is 6.10. The summed E-state index contributed by atoms with van der Waals surface area (Å²) in [6.07, 6.45) is 7.59. The van der Waals surface area contributed by atoms with E-state index in [1.165, 1.54) is 56.3 Å². The van der Waals surface area contributed by atoms with E-state index in [-0.39, 0.29) is 24.0 Å². The van der Waals surface area contributed by atoms with E-state index in [9.17, 15) is 0 Å². The summed E-state index contributed by atoms with van der Waals surface area (Å²) < 4.78 is 0. The van der Waals surface area contributed by atoms with Crippen LogP contribution in [0.1, 0.15) is 43.7 Å². The van der Waals surface area contributed by atoms with Crippen LogP contribution in [0.3, 0.4) is 0 Å². The smallest absolute Gasteiger partial charge is 0.193 e. The highest BCUT2D eigenvalue weighted by Gasteiger charge is 2.15. The van der Waals surface area contributed by atoms with Crippen molar-refractivity contribution in [3.63, 3.8) is 0 Å². The molecule has 1 aliphatic heterocycles. The standard InChI is InChI=1S/C19H30N4.HI/c1-15-6-5-12-23(14-15)13-11-21-19(20)22-18-10-4-8-16-7-2-3-9-17(16)18;/h4,8,10,15H,2-3,5-7,9,11-14H2,1H3,(H3,20,21,22);1H. The summed E-state index contributed by atoms with van der Waals surface area (Å²) in [5, 5.41) is 3.33. The molecule has 0 spiro atoms. The Morgan fingerprint density at radius 2 is 2.12 bits per heavy atom. The molecule has 1 aromatic rings. The third kappa shape index (κ3) is 5.34. The van der Waals surface area contributed by atoms with Crippen LogP contribution in [0.15, 0.2) is 23.2 Å². The van der Waals surface area contributed by atoms with Crippen molar-refractivity contribution in [1.29, 1.82) is 0 Å². The molecular weight excluding hydrogens is 411 g/mol. The van der Waals surface area contributed by atoms with Gasteiger partial charge in [-0.3, -0.25) is 4.99 Å². The maximum Gasteiger partial charge on any atom is 0.193 e. The first-order valence-electron chi connectivity index (χ1n) is 9.12. The number of rotatable bonds is 4. The number of nitrogens with zero attached hydrogens (tertiary/aromatic N) is 2. The summed E-state index contributed by atoms with van der Waals surface area (Å²) in [6, 6.07) is 6.48. The van der Waals surface area contributed by atoms with E-state index in [1.54, 1.807) is 0 Å². The molecule has 0 radical (unpaired) electrons. The summed E-state index contributed by atoms with van der Waals surface area (Å²) in [5.41, 5.74) is 10.2. The molecule has 2 aliphatic rings. The molecule has 1 heterocycles. The number of fused-ring (bicyclic) bond motifs is 1. The SMILES string of the molecule is CC1CCCN(CCN=C(N)Nc2cccc3c2CCCC3)C1.I. The number of hydrogen-bond acceptors (Lipinski definition) is 2. The monoisotopic (exact) mass is 442 g/mol. The van der Waals surface area contributed by atoms with Crippen molar-refractivity contribution < 1.29 is 0 Å². The average molecular weight is 442 g/mol. The van der Waals surface area contributed by atoms with Crippen molar-refractivity contribution in [2.75, 3.05) is 31.5 Å². The Hall–Kier alpha value is -0.820. The molecule has 3 N–H and O–H groups in total. The first-order valence-corrected chi connectivity index (χ1v) is 9.12. The molecule has 1 aromatic carbocycles. The van der Waals surface area contributed by atoms with Gasteiger partial charge in [0.2, 0.25) is 0 Å². The van der Waals surface area contributed by atoms with Crippen molar-refractivity contribution in [2.24, 2.45) is 16.6 Å². The highest BCUT2D eigenvalue weighted by molar-refractivity contribution is 14.0. The fourth-order valence-corrected chi connectivity index (χ4v) is 3.88. The first kappa shape index (κ1) is 19.5. The van der Waals surface area contributed by atoms with Crippen LogP contribution < -0.4 is 11.1 Å². The molecule has 5 heteroatoms. The highest BCUT2D eigenvalue weighted by Crippen LogP contribution is 2.27. The predicted molar refractivity (Wildman–Crippen MR) is 113 cm³/mol. The Bertz CT molecular complexity index is 558. The van der Waals surface area contributed by atoms with Crippen molar-refractivity contribution >= 4 is 35.6 Å². The summed E-state index contributed by atoms with van der Waals surface area (Å²) >= 11 is 0. The second kappa shape index (κ2) is 9.61. The number of hydrogen-bond donors (Lipinski definition) is 2. The molecule has 1 unspecified atom stereocenters. The zero-order valence-corrected chi connectivity index (χ0v) is 17.1. The number of guanidine groups is 1. The number of anilines is 1. The van der Waals surface area contributed by atoms with Gasteiger partial charge < -0.3 is 16.0 Å². The zero-order valence-electron chi connectivity index (χ0n) is 14.8. The van der Waals surface area contributed by atoms with E-state index in [0.717, 1.165) is 31.1 Å². The van der Waals surface area contributed by atoms with Crippen LogP contribution in [0.25, 0.3) is 0 Å². The number of nitrogens with two attached hydrogens (primary N) is 1. The summed E-state index contributed by atoms with van der Waals surface area (Å²) in [7, 11) is 0. The summed E-state index contributed by atoms with van der Waals surface area (Å²) in [6.45, 7) is 6.54. The molecule has 1 aliphatic carbocycles. The van der Waals surface area contributed by atoms with E-state index >= 15 is 0 Å². The normalized spacial score (nSPS) is 21.7. The molecule has 24 heavy (non-hydrogen) atoms. The molecule has 0 saturated carbocycles. The minimum absolute atomic E-state index is 0. The van der Waals surface area contributed by atoms with E-state index in [1.807, 2.05) is 0 Å². The van der Waals surface area contributed by atoms with Crippen molar-refractivity contribution in [2.45, 2.75) is 45.4 Å². The van der Waals surface area contributed by atoms with Crippen LogP contribution in [0.2, 0.25) is 0 Å². The van der Waals surface area contributed by atoms with Gasteiger partial charge in [0.05, 0.1) is 6.54 Å². The maximum atomic E-state index is 6.10. The fraction of sp³-hybridized carbons (Fsp3) is 0.632. The third-order valence-corrected chi connectivity index (χ3v) is 5.10. The van der Waals surface area contributed by atoms with Crippen LogP contribution in [-0.4, -0.2) is 37.0 Å². The summed E-state index contributed by atoms with van der Waals surface area (Å²) in [4.78, 5) is 7.04. The number of halogens is 1. The quantitative estimate of drug-likeness (QED) is 0.425. The van der Waals surface area contributed by atoms with Crippen LogP contribution >= 0.6 is 24.0 Å². The molecule has 1 fully saturated rings. The van der Waals surface area contributed by atoms with E-state index < -0.39 is 0 Å². The van der Waals surface area contributed by atoms with Gasteiger partial charge in [-0.25, -0.2) is 0 Å². The molecule has 0 amide bonds. The van der Waals surface area contributed by atoms with Crippen LogP contribution in [0, 0.1) is 5.92 Å². The van der Waals surface area contributed by atoms with Gasteiger partial charge >= 0.3 is 0 Å². The number of aliphatic imine (C=N–C) groups is 1. The van der Waals surface area contributed by atoms with Crippen LogP contribution in [0.5, 0.6) is 0 Å². The Morgan fingerprint density at radius 1 is 1.29 bits per heavy atom. The minimum atomic E-state index is 0. The lowest BCUT2D eigenvalue weighted by atomic mass is 9.90. The average Bonchev–Trinajstić information content (AvgIpc) is 2.55. The van der Waals surface area contributed by atoms with Gasteiger partial charge in [-0.1, -0.05) is 19.1 Å². The van der Waals surface area contributed by atoms with Crippen LogP contribution in [-0.2, 0) is 12.8 Å². The summed E-state index contributed by atoms with van der Waals surface area (Å²) in [5.74, 6) is 1.37. The first-order chi connectivity index (χ1) is 11.2. The van der Waals surface area contributed by atoms with Gasteiger partial charge in [0.15, 0.2) is 5.96 Å². The van der Waals surface area contributed by atoms with Gasteiger partial charge in [-0.2, -0.15) is 0 Å². The van der Waals surface area contributed by atoms with Crippen molar-refractivity contribution in [1.82, 2.24) is 4.90 Å². The van der Waals surface area contributed by atoms with Gasteiger partial charge in [-0.15, -0.1) is 24.0 Å². The van der Waals surface area contributed by atoms with Crippen molar-refractivity contribution in [3.05, 3.63) is 29.3 Å². The Labute approximate surface area is 163 Å². The van der Waals surface area contributed by atoms with Crippen molar-refractivity contribution in [3.8, 4) is 0 Å². The molecule has 134 valence electrons. The third-order valence-electron chi connectivity index (χ3n) is 5.10. The van der Waals surface area contributed by atoms with E-state index in [0.29, 0.717) is 5.96 Å². The molecule has 4 nitrogen and oxygen atoms in total. The molecule has 3 rings (SSSR count). The van der Waals surface area contributed by atoms with Gasteiger partial charge in [0.1, 0.15) is 0 Å². The highest BCUT2D eigenvalue weighted by atomic mass is 127. The molecule has 0 bridgehead atoms. The number of nitrogens with one attached hydrogen (secondary N) is 1. The Balaban J connectivity index is 0.00000208. The number of aryl methyl sites for hydroxylation is 1. The molecule has 1 atom stereocenters. The minimum Gasteiger partial charge on any atom is -0.370 e. The lowest BCUT2D eigenvalue weighted by Gasteiger charge is -2.30. The second-order valence-electron chi connectivity index (χ2n) is 7.09. The Morgan fingerprint density at radius 3 is 2.96 bits per heavy atom. The lowest BCUT2D eigenvalue weighted by Crippen LogP contribution is -2.36. The topological polar surface area (TPSA) is 53.6 Å². The molecule has 1 saturated heterocycles. The zero-order chi connectivity index (χ0) is 16.1. The van der Waals surface area contributed by atoms with Crippen LogP contribution in [0.4, 0.5) is 5.69 Å². The molecule has 0 aromatic heterocycles. The number of piperidine rings is 1. The predicted octanol–water partition coefficient (Wildman–Crippen LogP) is 3.64. The van der Waals surface area contributed by atoms with Gasteiger partial charge in [-0.05, 0) is 68.2 Å². The Kier molecular flexibility index (Phi) is 7.81. The second-order valence-corrected chi connectivity index (χ2v) is 7.09.